The highest BCUT2D eigenvalue weighted by atomic mass is 15.0. The van der Waals surface area contributed by atoms with E-state index in [0.29, 0.717) is 5.71 Å². The van der Waals surface area contributed by atoms with Crippen molar-refractivity contribution in [1.82, 2.24) is 4.90 Å². The molecule has 0 amide bonds. The number of rotatable bonds is 5. The van der Waals surface area contributed by atoms with Gasteiger partial charge in [-0.1, -0.05) is 66.7 Å². The maximum absolute atomic E-state index is 8.86. The van der Waals surface area contributed by atoms with Crippen LogP contribution in [-0.2, 0) is 0 Å². The van der Waals surface area contributed by atoms with Crippen molar-refractivity contribution < 1.29 is 0 Å². The summed E-state index contributed by atoms with van der Waals surface area (Å²) in [5.74, 6) is 0. The van der Waals surface area contributed by atoms with E-state index < -0.39 is 0 Å². The maximum atomic E-state index is 8.86. The largest absolute Gasteiger partial charge is 0.305 e. The van der Waals surface area contributed by atoms with E-state index in [1.165, 1.54) is 27.5 Å². The summed E-state index contributed by atoms with van der Waals surface area (Å²) in [6.45, 7) is 0.947. The van der Waals surface area contributed by atoms with Gasteiger partial charge >= 0.3 is 0 Å². The zero-order chi connectivity index (χ0) is 18.8. The van der Waals surface area contributed by atoms with E-state index >= 15 is 0 Å². The zero-order valence-corrected chi connectivity index (χ0v) is 15.9. The Hall–Kier alpha value is -2.97. The van der Waals surface area contributed by atoms with Crippen LogP contribution in [0.5, 0.6) is 0 Å². The molecular weight excluding hydrogens is 328 g/mol. The lowest BCUT2D eigenvalue weighted by Crippen LogP contribution is -2.13. The third-order valence-electron chi connectivity index (χ3n) is 5.01. The molecule has 1 aliphatic rings. The number of allylic oxidation sites excluding steroid dienone is 2. The van der Waals surface area contributed by atoms with Gasteiger partial charge in [0.25, 0.3) is 0 Å². The monoisotopic (exact) mass is 352 g/mol. The average Bonchev–Trinajstić information content (AvgIpc) is 3.14. The third kappa shape index (κ3) is 3.62. The van der Waals surface area contributed by atoms with Crippen molar-refractivity contribution in [3.8, 4) is 0 Å². The number of nitrogens with one attached hydrogen (secondary N) is 1. The second-order valence-electron chi connectivity index (χ2n) is 7.38. The van der Waals surface area contributed by atoms with Crippen LogP contribution in [0.15, 0.2) is 84.5 Å². The first kappa shape index (κ1) is 17.4. The van der Waals surface area contributed by atoms with E-state index in [1.807, 2.05) is 30.3 Å². The minimum Gasteiger partial charge on any atom is -0.305 e. The summed E-state index contributed by atoms with van der Waals surface area (Å²) in [5, 5.41) is 11.3. The molecule has 2 heteroatoms. The second kappa shape index (κ2) is 7.34. The molecule has 3 aromatic carbocycles. The molecule has 0 saturated carbocycles. The number of hydrogen-bond donors (Lipinski definition) is 1. The number of fused-ring (bicyclic) bond motifs is 1. The van der Waals surface area contributed by atoms with Gasteiger partial charge in [-0.25, -0.2) is 0 Å². The molecule has 2 nitrogen and oxygen atoms in total. The van der Waals surface area contributed by atoms with E-state index in [2.05, 4.69) is 67.5 Å². The number of hydrogen-bond acceptors (Lipinski definition) is 2. The standard InChI is InChI=1S/C25H24N2/c1-27(2)17-18-12-13-22(14-18)23-15-20-10-6-7-11-21(20)16-24(23)25(26)19-8-4-3-5-9-19/h3-12,14-16,26H,13,17H2,1-2H3. The van der Waals surface area contributed by atoms with Crippen LogP contribution >= 0.6 is 0 Å². The molecule has 0 atom stereocenters. The van der Waals surface area contributed by atoms with Gasteiger partial charge in [-0.2, -0.15) is 0 Å². The Labute approximate surface area is 161 Å². The molecule has 0 saturated heterocycles. The van der Waals surface area contributed by atoms with Gasteiger partial charge in [-0.15, -0.1) is 0 Å². The van der Waals surface area contributed by atoms with E-state index in [1.54, 1.807) is 0 Å². The maximum Gasteiger partial charge on any atom is 0.0690 e. The van der Waals surface area contributed by atoms with Gasteiger partial charge in [0.05, 0.1) is 5.71 Å². The van der Waals surface area contributed by atoms with Gasteiger partial charge in [-0.3, -0.25) is 5.41 Å². The van der Waals surface area contributed by atoms with Crippen molar-refractivity contribution in [3.05, 3.63) is 101 Å². The molecule has 0 unspecified atom stereocenters. The molecule has 0 aromatic heterocycles. The lowest BCUT2D eigenvalue weighted by Gasteiger charge is -2.14. The summed E-state index contributed by atoms with van der Waals surface area (Å²) in [4.78, 5) is 2.19. The van der Waals surface area contributed by atoms with E-state index in [0.717, 1.165) is 24.1 Å². The number of nitrogens with zero attached hydrogens (tertiary/aromatic N) is 1. The highest BCUT2D eigenvalue weighted by Crippen LogP contribution is 2.33. The normalized spacial score (nSPS) is 13.7. The molecule has 27 heavy (non-hydrogen) atoms. The first-order valence-electron chi connectivity index (χ1n) is 9.33. The molecule has 1 N–H and O–H groups in total. The fraction of sp³-hybridized carbons (Fsp3) is 0.160. The van der Waals surface area contributed by atoms with Crippen LogP contribution < -0.4 is 0 Å². The molecule has 0 spiro atoms. The summed E-state index contributed by atoms with van der Waals surface area (Å²) in [7, 11) is 4.19. The highest BCUT2D eigenvalue weighted by Gasteiger charge is 2.17. The quantitative estimate of drug-likeness (QED) is 0.601. The van der Waals surface area contributed by atoms with Crippen LogP contribution in [0, 0.1) is 5.41 Å². The van der Waals surface area contributed by atoms with E-state index in [4.69, 9.17) is 5.41 Å². The Bertz CT molecular complexity index is 1060. The lowest BCUT2D eigenvalue weighted by atomic mass is 9.90. The van der Waals surface area contributed by atoms with Gasteiger partial charge in [0.15, 0.2) is 0 Å². The third-order valence-corrected chi connectivity index (χ3v) is 5.01. The van der Waals surface area contributed by atoms with Crippen LogP contribution in [0.4, 0.5) is 0 Å². The van der Waals surface area contributed by atoms with Crippen LogP contribution in [0.1, 0.15) is 23.1 Å². The van der Waals surface area contributed by atoms with Gasteiger partial charge in [-0.05, 0) is 60.1 Å². The van der Waals surface area contributed by atoms with Crippen molar-refractivity contribution in [2.45, 2.75) is 6.42 Å². The molecule has 0 bridgehead atoms. The first-order valence-corrected chi connectivity index (χ1v) is 9.33. The average molecular weight is 352 g/mol. The fourth-order valence-electron chi connectivity index (χ4n) is 3.72. The predicted molar refractivity (Wildman–Crippen MR) is 116 cm³/mol. The number of benzene rings is 3. The highest BCUT2D eigenvalue weighted by molar-refractivity contribution is 6.15. The lowest BCUT2D eigenvalue weighted by molar-refractivity contribution is 0.449. The van der Waals surface area contributed by atoms with Crippen molar-refractivity contribution in [2.24, 2.45) is 0 Å². The summed E-state index contributed by atoms with van der Waals surface area (Å²) in [5.41, 5.74) is 6.36. The van der Waals surface area contributed by atoms with Crippen molar-refractivity contribution >= 4 is 22.1 Å². The number of likely N-dealkylation sites (N-methyl/N-ethyl adjacent to an activating group) is 1. The minimum atomic E-state index is 0.582. The Kier molecular flexibility index (Phi) is 4.74. The summed E-state index contributed by atoms with van der Waals surface area (Å²) in [6.07, 6.45) is 5.53. The molecule has 4 rings (SSSR count). The Morgan fingerprint density at radius 3 is 2.30 bits per heavy atom. The van der Waals surface area contributed by atoms with Crippen molar-refractivity contribution in [2.75, 3.05) is 20.6 Å². The van der Waals surface area contributed by atoms with E-state index in [9.17, 15) is 0 Å². The van der Waals surface area contributed by atoms with Crippen LogP contribution in [0.2, 0.25) is 0 Å². The predicted octanol–water partition coefficient (Wildman–Crippen LogP) is 5.53. The molecule has 1 aliphatic carbocycles. The molecule has 134 valence electrons. The molecular formula is C25H24N2. The van der Waals surface area contributed by atoms with Gasteiger partial charge in [0.1, 0.15) is 0 Å². The SMILES string of the molecule is CN(C)CC1=CCC(c2cc3ccccc3cc2C(=N)c2ccccc2)=C1. The van der Waals surface area contributed by atoms with Gasteiger partial charge in [0.2, 0.25) is 0 Å². The molecule has 0 aliphatic heterocycles. The summed E-state index contributed by atoms with van der Waals surface area (Å²) < 4.78 is 0. The summed E-state index contributed by atoms with van der Waals surface area (Å²) in [6, 6.07) is 22.8. The first-order chi connectivity index (χ1) is 13.1. The van der Waals surface area contributed by atoms with Crippen LogP contribution in [0.3, 0.4) is 0 Å². The van der Waals surface area contributed by atoms with E-state index in [-0.39, 0.29) is 0 Å². The molecule has 0 heterocycles. The molecule has 0 radical (unpaired) electrons. The Morgan fingerprint density at radius 2 is 1.59 bits per heavy atom. The topological polar surface area (TPSA) is 27.1 Å². The molecule has 0 fully saturated rings. The Balaban J connectivity index is 1.83. The van der Waals surface area contributed by atoms with Crippen molar-refractivity contribution in [1.29, 1.82) is 5.41 Å². The van der Waals surface area contributed by atoms with Gasteiger partial charge < -0.3 is 4.90 Å². The van der Waals surface area contributed by atoms with Crippen molar-refractivity contribution in [3.63, 3.8) is 0 Å². The van der Waals surface area contributed by atoms with Crippen LogP contribution in [-0.4, -0.2) is 31.3 Å². The molecule has 3 aromatic rings. The summed E-state index contributed by atoms with van der Waals surface area (Å²) >= 11 is 0. The smallest absolute Gasteiger partial charge is 0.0690 e. The fourth-order valence-corrected chi connectivity index (χ4v) is 3.72. The van der Waals surface area contributed by atoms with Crippen LogP contribution in [0.25, 0.3) is 16.3 Å². The zero-order valence-electron chi connectivity index (χ0n) is 15.9. The Morgan fingerprint density at radius 1 is 0.926 bits per heavy atom. The minimum absolute atomic E-state index is 0.582. The van der Waals surface area contributed by atoms with Gasteiger partial charge in [0, 0.05) is 17.7 Å². The second-order valence-corrected chi connectivity index (χ2v) is 7.38.